The van der Waals surface area contributed by atoms with Crippen LogP contribution in [0.15, 0.2) is 0 Å². The van der Waals surface area contributed by atoms with E-state index in [4.69, 9.17) is 0 Å². The van der Waals surface area contributed by atoms with Gasteiger partial charge in [0.15, 0.2) is 0 Å². The SMILES string of the molecule is O=C(NC1CCN2CCCC12)C1CNCCN1. The van der Waals surface area contributed by atoms with Gasteiger partial charge in [-0.3, -0.25) is 9.69 Å². The van der Waals surface area contributed by atoms with Crippen molar-refractivity contribution in [2.75, 3.05) is 32.7 Å². The second-order valence-electron chi connectivity index (χ2n) is 5.36. The molecule has 3 heterocycles. The van der Waals surface area contributed by atoms with Crippen LogP contribution in [-0.4, -0.2) is 61.7 Å². The normalized spacial score (nSPS) is 38.0. The summed E-state index contributed by atoms with van der Waals surface area (Å²) in [5, 5.41) is 9.75. The maximum Gasteiger partial charge on any atom is 0.238 e. The van der Waals surface area contributed by atoms with E-state index in [2.05, 4.69) is 20.9 Å². The van der Waals surface area contributed by atoms with E-state index in [1.54, 1.807) is 0 Å². The lowest BCUT2D eigenvalue weighted by Crippen LogP contribution is -2.58. The molecule has 0 aromatic heterocycles. The van der Waals surface area contributed by atoms with Gasteiger partial charge < -0.3 is 16.0 Å². The van der Waals surface area contributed by atoms with Crippen LogP contribution in [-0.2, 0) is 4.79 Å². The molecule has 0 radical (unpaired) electrons. The Hall–Kier alpha value is -0.650. The molecule has 3 N–H and O–H groups in total. The Balaban J connectivity index is 1.54. The molecule has 3 fully saturated rings. The second-order valence-corrected chi connectivity index (χ2v) is 5.36. The smallest absolute Gasteiger partial charge is 0.238 e. The van der Waals surface area contributed by atoms with Gasteiger partial charge in [-0.25, -0.2) is 0 Å². The molecule has 5 heteroatoms. The van der Waals surface area contributed by atoms with E-state index in [1.165, 1.54) is 19.4 Å². The summed E-state index contributed by atoms with van der Waals surface area (Å²) in [6.45, 7) is 4.99. The lowest BCUT2D eigenvalue weighted by Gasteiger charge is -2.27. The molecular weight excluding hydrogens is 216 g/mol. The molecular formula is C12H22N4O. The third kappa shape index (κ3) is 2.32. The Morgan fingerprint density at radius 1 is 1.24 bits per heavy atom. The lowest BCUT2D eigenvalue weighted by atomic mass is 10.1. The van der Waals surface area contributed by atoms with Crippen LogP contribution in [0.2, 0.25) is 0 Å². The average Bonchev–Trinajstić information content (AvgIpc) is 2.95. The van der Waals surface area contributed by atoms with Crippen molar-refractivity contribution in [1.82, 2.24) is 20.9 Å². The summed E-state index contributed by atoms with van der Waals surface area (Å²) >= 11 is 0. The molecule has 0 saturated carbocycles. The van der Waals surface area contributed by atoms with E-state index in [-0.39, 0.29) is 11.9 Å². The van der Waals surface area contributed by atoms with Gasteiger partial charge in [0, 0.05) is 38.3 Å². The first-order chi connectivity index (χ1) is 8.34. The Kier molecular flexibility index (Phi) is 3.31. The van der Waals surface area contributed by atoms with Gasteiger partial charge in [-0.05, 0) is 25.8 Å². The quantitative estimate of drug-likeness (QED) is 0.572. The molecule has 96 valence electrons. The van der Waals surface area contributed by atoms with Gasteiger partial charge in [0.05, 0.1) is 6.04 Å². The number of piperazine rings is 1. The molecule has 0 aliphatic carbocycles. The number of rotatable bonds is 2. The van der Waals surface area contributed by atoms with Crippen LogP contribution in [0.5, 0.6) is 0 Å². The number of hydrogen-bond acceptors (Lipinski definition) is 4. The molecule has 0 bridgehead atoms. The summed E-state index contributed by atoms with van der Waals surface area (Å²) in [5.74, 6) is 0.177. The third-order valence-corrected chi connectivity index (χ3v) is 4.29. The minimum absolute atomic E-state index is 0.0424. The Morgan fingerprint density at radius 3 is 3.00 bits per heavy atom. The molecule has 0 spiro atoms. The van der Waals surface area contributed by atoms with Crippen LogP contribution in [0.1, 0.15) is 19.3 Å². The van der Waals surface area contributed by atoms with Gasteiger partial charge in [0.1, 0.15) is 0 Å². The number of carbonyl (C=O) groups excluding carboxylic acids is 1. The molecule has 17 heavy (non-hydrogen) atoms. The Bertz CT molecular complexity index is 290. The van der Waals surface area contributed by atoms with Gasteiger partial charge in [-0.2, -0.15) is 0 Å². The first-order valence-electron chi connectivity index (χ1n) is 6.83. The van der Waals surface area contributed by atoms with E-state index in [0.717, 1.165) is 32.6 Å². The highest BCUT2D eigenvalue weighted by Gasteiger charge is 2.38. The van der Waals surface area contributed by atoms with Gasteiger partial charge in [-0.1, -0.05) is 0 Å². The third-order valence-electron chi connectivity index (χ3n) is 4.29. The fourth-order valence-corrected chi connectivity index (χ4v) is 3.37. The molecule has 3 aliphatic heterocycles. The predicted octanol–water partition coefficient (Wildman–Crippen LogP) is -1.10. The summed E-state index contributed by atoms with van der Waals surface area (Å²) < 4.78 is 0. The minimum Gasteiger partial charge on any atom is -0.350 e. The zero-order chi connectivity index (χ0) is 11.7. The van der Waals surface area contributed by atoms with Gasteiger partial charge in [-0.15, -0.1) is 0 Å². The van der Waals surface area contributed by atoms with Crippen molar-refractivity contribution in [2.24, 2.45) is 0 Å². The zero-order valence-electron chi connectivity index (χ0n) is 10.2. The highest BCUT2D eigenvalue weighted by Crippen LogP contribution is 2.27. The molecule has 3 rings (SSSR count). The van der Waals surface area contributed by atoms with Crippen molar-refractivity contribution in [1.29, 1.82) is 0 Å². The molecule has 3 saturated heterocycles. The van der Waals surface area contributed by atoms with E-state index in [0.29, 0.717) is 12.1 Å². The van der Waals surface area contributed by atoms with Crippen molar-refractivity contribution in [3.8, 4) is 0 Å². The molecule has 0 aromatic carbocycles. The van der Waals surface area contributed by atoms with Crippen LogP contribution in [0, 0.1) is 0 Å². The van der Waals surface area contributed by atoms with Crippen molar-refractivity contribution in [3.63, 3.8) is 0 Å². The van der Waals surface area contributed by atoms with E-state index >= 15 is 0 Å². The summed E-state index contributed by atoms with van der Waals surface area (Å²) in [7, 11) is 0. The number of nitrogens with zero attached hydrogens (tertiary/aromatic N) is 1. The minimum atomic E-state index is -0.0424. The first kappa shape index (κ1) is 11.4. The maximum absolute atomic E-state index is 12.1. The van der Waals surface area contributed by atoms with Gasteiger partial charge in [0.2, 0.25) is 5.91 Å². The largest absolute Gasteiger partial charge is 0.350 e. The van der Waals surface area contributed by atoms with Crippen LogP contribution >= 0.6 is 0 Å². The standard InChI is InChI=1S/C12H22N4O/c17-12(10-8-13-4-5-14-10)15-9-3-7-16-6-1-2-11(9)16/h9-11,13-14H,1-8H2,(H,15,17). The Morgan fingerprint density at radius 2 is 2.18 bits per heavy atom. The monoisotopic (exact) mass is 238 g/mol. The number of carbonyl (C=O) groups is 1. The summed E-state index contributed by atoms with van der Waals surface area (Å²) in [6, 6.07) is 0.948. The molecule has 3 unspecified atom stereocenters. The number of hydrogen-bond donors (Lipinski definition) is 3. The van der Waals surface area contributed by atoms with E-state index in [1.807, 2.05) is 0 Å². The molecule has 1 amide bonds. The van der Waals surface area contributed by atoms with Crippen LogP contribution in [0.3, 0.4) is 0 Å². The Labute approximate surface area is 102 Å². The fourth-order valence-electron chi connectivity index (χ4n) is 3.37. The van der Waals surface area contributed by atoms with Crippen LogP contribution < -0.4 is 16.0 Å². The zero-order valence-corrected chi connectivity index (χ0v) is 10.2. The van der Waals surface area contributed by atoms with E-state index < -0.39 is 0 Å². The van der Waals surface area contributed by atoms with Crippen LogP contribution in [0.4, 0.5) is 0 Å². The number of fused-ring (bicyclic) bond motifs is 1. The summed E-state index contributed by atoms with van der Waals surface area (Å²) in [4.78, 5) is 14.6. The second kappa shape index (κ2) is 4.92. The molecule has 5 nitrogen and oxygen atoms in total. The topological polar surface area (TPSA) is 56.4 Å². The maximum atomic E-state index is 12.1. The van der Waals surface area contributed by atoms with Crippen LogP contribution in [0.25, 0.3) is 0 Å². The fraction of sp³-hybridized carbons (Fsp3) is 0.917. The van der Waals surface area contributed by atoms with Gasteiger partial charge in [0.25, 0.3) is 0 Å². The van der Waals surface area contributed by atoms with Crippen molar-refractivity contribution < 1.29 is 4.79 Å². The summed E-state index contributed by atoms with van der Waals surface area (Å²) in [6.07, 6.45) is 3.66. The highest BCUT2D eigenvalue weighted by atomic mass is 16.2. The highest BCUT2D eigenvalue weighted by molar-refractivity contribution is 5.82. The average molecular weight is 238 g/mol. The van der Waals surface area contributed by atoms with Gasteiger partial charge >= 0.3 is 0 Å². The van der Waals surface area contributed by atoms with Crippen molar-refractivity contribution in [3.05, 3.63) is 0 Å². The molecule has 3 aliphatic rings. The predicted molar refractivity (Wildman–Crippen MR) is 65.8 cm³/mol. The van der Waals surface area contributed by atoms with Crippen molar-refractivity contribution >= 4 is 5.91 Å². The lowest BCUT2D eigenvalue weighted by molar-refractivity contribution is -0.124. The number of amides is 1. The van der Waals surface area contributed by atoms with Crippen molar-refractivity contribution in [2.45, 2.75) is 37.4 Å². The first-order valence-corrected chi connectivity index (χ1v) is 6.83. The summed E-state index contributed by atoms with van der Waals surface area (Å²) in [5.41, 5.74) is 0. The molecule has 3 atom stereocenters. The van der Waals surface area contributed by atoms with E-state index in [9.17, 15) is 4.79 Å². The number of nitrogens with one attached hydrogen (secondary N) is 3. The molecule has 0 aromatic rings.